The molecule has 16 heavy (non-hydrogen) atoms. The minimum absolute atomic E-state index is 0.00181. The Bertz CT molecular complexity index is 319. The minimum Gasteiger partial charge on any atom is -0.497 e. The van der Waals surface area contributed by atoms with Gasteiger partial charge in [-0.15, -0.1) is 0 Å². The molecule has 0 aliphatic heterocycles. The molecule has 0 saturated heterocycles. The average Bonchev–Trinajstić information content (AvgIpc) is 2.28. The number of nitrogens with two attached hydrogens (primary N) is 2. The molecule has 1 aromatic rings. The van der Waals surface area contributed by atoms with Crippen molar-refractivity contribution in [2.24, 2.45) is 16.9 Å². The summed E-state index contributed by atoms with van der Waals surface area (Å²) in [6.45, 7) is 4.96. The van der Waals surface area contributed by atoms with Crippen LogP contribution in [0.5, 0.6) is 5.75 Å². The van der Waals surface area contributed by atoms with Gasteiger partial charge in [-0.1, -0.05) is 26.0 Å². The van der Waals surface area contributed by atoms with Gasteiger partial charge in [0.05, 0.1) is 7.11 Å². The molecule has 0 amide bonds. The molecule has 1 unspecified atom stereocenters. The zero-order valence-electron chi connectivity index (χ0n) is 10.4. The lowest BCUT2D eigenvalue weighted by Gasteiger charge is -2.31. The maximum atomic E-state index is 6.25. The van der Waals surface area contributed by atoms with E-state index in [0.717, 1.165) is 17.7 Å². The highest BCUT2D eigenvalue weighted by molar-refractivity contribution is 5.29. The number of benzene rings is 1. The Morgan fingerprint density at radius 3 is 2.25 bits per heavy atom. The van der Waals surface area contributed by atoms with E-state index >= 15 is 0 Å². The number of methoxy groups -OCH3 is 1. The molecule has 1 atom stereocenters. The lowest BCUT2D eigenvalue weighted by molar-refractivity contribution is 0.271. The van der Waals surface area contributed by atoms with Crippen molar-refractivity contribution < 1.29 is 4.74 Å². The highest BCUT2D eigenvalue weighted by Gasteiger charge is 2.26. The summed E-state index contributed by atoms with van der Waals surface area (Å²) >= 11 is 0. The van der Waals surface area contributed by atoms with Gasteiger partial charge in [0.25, 0.3) is 0 Å². The van der Waals surface area contributed by atoms with Gasteiger partial charge in [0.1, 0.15) is 5.75 Å². The molecular weight excluding hydrogens is 200 g/mol. The smallest absolute Gasteiger partial charge is 0.118 e. The van der Waals surface area contributed by atoms with Gasteiger partial charge < -0.3 is 16.2 Å². The van der Waals surface area contributed by atoms with Crippen LogP contribution < -0.4 is 16.2 Å². The molecule has 90 valence electrons. The first kappa shape index (κ1) is 13.0. The second-order valence-corrected chi connectivity index (χ2v) is 4.78. The van der Waals surface area contributed by atoms with E-state index in [0.29, 0.717) is 6.54 Å². The molecule has 3 heteroatoms. The highest BCUT2D eigenvalue weighted by atomic mass is 16.5. The quantitative estimate of drug-likeness (QED) is 0.801. The molecule has 0 radical (unpaired) electrons. The third-order valence-corrected chi connectivity index (χ3v) is 3.11. The van der Waals surface area contributed by atoms with Crippen LogP contribution in [0.4, 0.5) is 0 Å². The Hall–Kier alpha value is -1.06. The Kier molecular flexibility index (Phi) is 4.33. The van der Waals surface area contributed by atoms with Crippen molar-refractivity contribution in [3.63, 3.8) is 0 Å². The molecule has 1 aromatic carbocycles. The van der Waals surface area contributed by atoms with Gasteiger partial charge in [0.15, 0.2) is 0 Å². The van der Waals surface area contributed by atoms with Crippen molar-refractivity contribution in [1.29, 1.82) is 0 Å². The summed E-state index contributed by atoms with van der Waals surface area (Å²) in [6.07, 6.45) is 0.917. The third-order valence-electron chi connectivity index (χ3n) is 3.11. The van der Waals surface area contributed by atoms with Gasteiger partial charge in [-0.25, -0.2) is 0 Å². The molecule has 0 fully saturated rings. The van der Waals surface area contributed by atoms with Gasteiger partial charge in [0, 0.05) is 6.04 Å². The molecule has 0 aliphatic carbocycles. The fourth-order valence-corrected chi connectivity index (χ4v) is 1.79. The second kappa shape index (κ2) is 5.32. The Morgan fingerprint density at radius 2 is 1.81 bits per heavy atom. The summed E-state index contributed by atoms with van der Waals surface area (Å²) in [5, 5.41) is 0. The second-order valence-electron chi connectivity index (χ2n) is 4.78. The molecule has 0 heterocycles. The van der Waals surface area contributed by atoms with Crippen LogP contribution in [-0.4, -0.2) is 13.7 Å². The fraction of sp³-hybridized carbons (Fsp3) is 0.538. The van der Waals surface area contributed by atoms with E-state index < -0.39 is 0 Å². The van der Waals surface area contributed by atoms with Crippen molar-refractivity contribution in [2.75, 3.05) is 13.7 Å². The first-order valence-electron chi connectivity index (χ1n) is 5.61. The van der Waals surface area contributed by atoms with Crippen LogP contribution in [0.2, 0.25) is 0 Å². The SMILES string of the molecule is COc1ccc(C(N)C(C)(C)CCN)cc1. The molecule has 0 aromatic heterocycles. The Labute approximate surface area is 97.8 Å². The van der Waals surface area contributed by atoms with Gasteiger partial charge >= 0.3 is 0 Å². The summed E-state index contributed by atoms with van der Waals surface area (Å²) < 4.78 is 5.12. The van der Waals surface area contributed by atoms with E-state index in [1.807, 2.05) is 24.3 Å². The van der Waals surface area contributed by atoms with Crippen LogP contribution in [0.15, 0.2) is 24.3 Å². The fourth-order valence-electron chi connectivity index (χ4n) is 1.79. The lowest BCUT2D eigenvalue weighted by Crippen LogP contribution is -2.31. The van der Waals surface area contributed by atoms with Crippen molar-refractivity contribution in [1.82, 2.24) is 0 Å². The number of hydrogen-bond donors (Lipinski definition) is 2. The summed E-state index contributed by atoms with van der Waals surface area (Å²) in [4.78, 5) is 0. The normalized spacial score (nSPS) is 13.6. The van der Waals surface area contributed by atoms with E-state index in [-0.39, 0.29) is 11.5 Å². The average molecular weight is 222 g/mol. The predicted octanol–water partition coefficient (Wildman–Crippen LogP) is 2.07. The highest BCUT2D eigenvalue weighted by Crippen LogP contribution is 2.34. The maximum absolute atomic E-state index is 6.25. The zero-order valence-corrected chi connectivity index (χ0v) is 10.4. The zero-order chi connectivity index (χ0) is 12.2. The standard InChI is InChI=1S/C13H22N2O/c1-13(2,8-9-14)12(15)10-4-6-11(16-3)7-5-10/h4-7,12H,8-9,14-15H2,1-3H3. The van der Waals surface area contributed by atoms with Gasteiger partial charge in [-0.05, 0) is 36.1 Å². The summed E-state index contributed by atoms with van der Waals surface area (Å²) in [5.41, 5.74) is 13.0. The number of ether oxygens (including phenoxy) is 1. The van der Waals surface area contributed by atoms with E-state index in [2.05, 4.69) is 13.8 Å². The molecule has 0 saturated carbocycles. The molecule has 4 N–H and O–H groups in total. The van der Waals surface area contributed by atoms with Crippen LogP contribution in [0.3, 0.4) is 0 Å². The number of rotatable bonds is 5. The Balaban J connectivity index is 2.83. The van der Waals surface area contributed by atoms with Crippen molar-refractivity contribution in [3.8, 4) is 5.75 Å². The summed E-state index contributed by atoms with van der Waals surface area (Å²) in [7, 11) is 1.66. The monoisotopic (exact) mass is 222 g/mol. The van der Waals surface area contributed by atoms with E-state index in [1.54, 1.807) is 7.11 Å². The topological polar surface area (TPSA) is 61.3 Å². The van der Waals surface area contributed by atoms with Crippen LogP contribution in [-0.2, 0) is 0 Å². The van der Waals surface area contributed by atoms with Gasteiger partial charge in [0.2, 0.25) is 0 Å². The van der Waals surface area contributed by atoms with Gasteiger partial charge in [-0.2, -0.15) is 0 Å². The van der Waals surface area contributed by atoms with Crippen LogP contribution >= 0.6 is 0 Å². The first-order chi connectivity index (χ1) is 7.51. The van der Waals surface area contributed by atoms with E-state index in [1.165, 1.54) is 0 Å². The molecule has 0 aliphatic rings. The summed E-state index contributed by atoms with van der Waals surface area (Å²) in [5.74, 6) is 0.854. The minimum atomic E-state index is 0.00181. The third kappa shape index (κ3) is 2.97. The lowest BCUT2D eigenvalue weighted by atomic mass is 9.78. The largest absolute Gasteiger partial charge is 0.497 e. The molecule has 0 spiro atoms. The van der Waals surface area contributed by atoms with Crippen LogP contribution in [0, 0.1) is 5.41 Å². The van der Waals surface area contributed by atoms with Gasteiger partial charge in [-0.3, -0.25) is 0 Å². The molecular formula is C13H22N2O. The van der Waals surface area contributed by atoms with Crippen molar-refractivity contribution >= 4 is 0 Å². The molecule has 3 nitrogen and oxygen atoms in total. The van der Waals surface area contributed by atoms with Crippen molar-refractivity contribution in [2.45, 2.75) is 26.3 Å². The number of hydrogen-bond acceptors (Lipinski definition) is 3. The molecule has 0 bridgehead atoms. The van der Waals surface area contributed by atoms with Crippen LogP contribution in [0.25, 0.3) is 0 Å². The molecule has 1 rings (SSSR count). The predicted molar refractivity (Wildman–Crippen MR) is 67.4 cm³/mol. The van der Waals surface area contributed by atoms with Crippen molar-refractivity contribution in [3.05, 3.63) is 29.8 Å². The van der Waals surface area contributed by atoms with E-state index in [9.17, 15) is 0 Å². The first-order valence-corrected chi connectivity index (χ1v) is 5.61. The summed E-state index contributed by atoms with van der Waals surface area (Å²) in [6, 6.07) is 7.91. The van der Waals surface area contributed by atoms with Crippen LogP contribution in [0.1, 0.15) is 31.9 Å². The van der Waals surface area contributed by atoms with E-state index in [4.69, 9.17) is 16.2 Å². The maximum Gasteiger partial charge on any atom is 0.118 e. The Morgan fingerprint density at radius 1 is 1.25 bits per heavy atom.